The van der Waals surface area contributed by atoms with Crippen molar-refractivity contribution < 1.29 is 13.2 Å². The van der Waals surface area contributed by atoms with E-state index in [4.69, 9.17) is 4.74 Å². The molecule has 174 valence electrons. The Hall–Kier alpha value is -3.91. The fraction of sp³-hybridized carbons (Fsp3) is 0.154. The minimum absolute atomic E-state index is 0.0441. The van der Waals surface area contributed by atoms with Crippen LogP contribution < -0.4 is 14.4 Å². The van der Waals surface area contributed by atoms with Gasteiger partial charge in [-0.15, -0.1) is 0 Å². The maximum absolute atomic E-state index is 12.9. The SMILES string of the molecule is Cc1ccc(S(=O)(=O)Nc2ncc(-c3ccccc3)nc2OCCN(C)c2ccccc2)cc1. The molecule has 0 fully saturated rings. The summed E-state index contributed by atoms with van der Waals surface area (Å²) in [4.78, 5) is 11.1. The van der Waals surface area contributed by atoms with Gasteiger partial charge in [-0.05, 0) is 31.2 Å². The molecule has 1 N–H and O–H groups in total. The van der Waals surface area contributed by atoms with Crippen LogP contribution in [0.25, 0.3) is 11.3 Å². The fourth-order valence-electron chi connectivity index (χ4n) is 3.29. The van der Waals surface area contributed by atoms with Crippen molar-refractivity contribution in [3.8, 4) is 17.1 Å². The van der Waals surface area contributed by atoms with Gasteiger partial charge < -0.3 is 9.64 Å². The Morgan fingerprint density at radius 3 is 2.24 bits per heavy atom. The molecule has 0 amide bonds. The number of aryl methyl sites for hydroxylation is 1. The van der Waals surface area contributed by atoms with Crippen LogP contribution in [-0.2, 0) is 10.0 Å². The molecule has 0 unspecified atom stereocenters. The van der Waals surface area contributed by atoms with Crippen LogP contribution in [0.3, 0.4) is 0 Å². The first-order valence-electron chi connectivity index (χ1n) is 10.8. The van der Waals surface area contributed by atoms with Gasteiger partial charge in [-0.25, -0.2) is 18.4 Å². The van der Waals surface area contributed by atoms with Crippen LogP contribution >= 0.6 is 0 Å². The number of benzene rings is 3. The molecule has 4 aromatic rings. The highest BCUT2D eigenvalue weighted by atomic mass is 32.2. The zero-order valence-corrected chi connectivity index (χ0v) is 19.9. The van der Waals surface area contributed by atoms with Crippen molar-refractivity contribution in [1.82, 2.24) is 9.97 Å². The molecule has 8 heteroatoms. The number of anilines is 2. The molecule has 4 rings (SSSR count). The molecule has 0 saturated heterocycles. The lowest BCUT2D eigenvalue weighted by Gasteiger charge is -2.20. The predicted octanol–water partition coefficient (Wildman–Crippen LogP) is 4.77. The van der Waals surface area contributed by atoms with E-state index < -0.39 is 10.0 Å². The van der Waals surface area contributed by atoms with Gasteiger partial charge in [-0.3, -0.25) is 4.72 Å². The van der Waals surface area contributed by atoms with Crippen LogP contribution in [0, 0.1) is 6.92 Å². The van der Waals surface area contributed by atoms with Crippen molar-refractivity contribution >= 4 is 21.5 Å². The zero-order valence-electron chi connectivity index (χ0n) is 19.0. The second-order valence-corrected chi connectivity index (χ2v) is 9.48. The third kappa shape index (κ3) is 5.71. The molecule has 0 atom stereocenters. The summed E-state index contributed by atoms with van der Waals surface area (Å²) in [6.45, 7) is 2.76. The van der Waals surface area contributed by atoms with E-state index in [0.717, 1.165) is 16.8 Å². The van der Waals surface area contributed by atoms with Gasteiger partial charge in [-0.1, -0.05) is 66.2 Å². The lowest BCUT2D eigenvalue weighted by atomic mass is 10.2. The first-order chi connectivity index (χ1) is 16.4. The average molecular weight is 475 g/mol. The van der Waals surface area contributed by atoms with Crippen molar-refractivity contribution in [3.63, 3.8) is 0 Å². The smallest absolute Gasteiger partial charge is 0.263 e. The van der Waals surface area contributed by atoms with E-state index in [1.807, 2.05) is 79.5 Å². The van der Waals surface area contributed by atoms with Crippen LogP contribution in [0.5, 0.6) is 5.88 Å². The summed E-state index contributed by atoms with van der Waals surface area (Å²) in [5.41, 5.74) is 3.47. The molecule has 0 aliphatic heterocycles. The molecule has 3 aromatic carbocycles. The normalized spacial score (nSPS) is 11.1. The summed E-state index contributed by atoms with van der Waals surface area (Å²) >= 11 is 0. The zero-order chi connectivity index (χ0) is 24.0. The number of likely N-dealkylation sites (N-methyl/N-ethyl adjacent to an activating group) is 1. The first-order valence-corrected chi connectivity index (χ1v) is 12.3. The van der Waals surface area contributed by atoms with E-state index >= 15 is 0 Å². The Morgan fingerprint density at radius 2 is 1.56 bits per heavy atom. The molecule has 0 radical (unpaired) electrons. The minimum atomic E-state index is -3.86. The van der Waals surface area contributed by atoms with Crippen molar-refractivity contribution in [3.05, 3.63) is 96.7 Å². The number of rotatable bonds is 9. The monoisotopic (exact) mass is 474 g/mol. The molecule has 0 spiro atoms. The van der Waals surface area contributed by atoms with Gasteiger partial charge >= 0.3 is 0 Å². The molecular formula is C26H26N4O3S. The largest absolute Gasteiger partial charge is 0.473 e. The van der Waals surface area contributed by atoms with Crippen molar-refractivity contribution in [2.45, 2.75) is 11.8 Å². The molecule has 34 heavy (non-hydrogen) atoms. The summed E-state index contributed by atoms with van der Waals surface area (Å²) in [6.07, 6.45) is 1.53. The summed E-state index contributed by atoms with van der Waals surface area (Å²) in [5.74, 6) is 0.168. The lowest BCUT2D eigenvalue weighted by molar-refractivity contribution is 0.314. The lowest BCUT2D eigenvalue weighted by Crippen LogP contribution is -2.24. The van der Waals surface area contributed by atoms with Gasteiger partial charge in [0.2, 0.25) is 5.82 Å². The Kier molecular flexibility index (Phi) is 7.08. The van der Waals surface area contributed by atoms with E-state index in [1.165, 1.54) is 6.20 Å². The molecule has 0 bridgehead atoms. The van der Waals surface area contributed by atoms with Crippen LogP contribution in [-0.4, -0.2) is 38.6 Å². The molecule has 0 aliphatic carbocycles. The maximum atomic E-state index is 12.9. The Morgan fingerprint density at radius 1 is 0.912 bits per heavy atom. The quantitative estimate of drug-likeness (QED) is 0.376. The first kappa shape index (κ1) is 23.3. The Balaban J connectivity index is 1.58. The summed E-state index contributed by atoms with van der Waals surface area (Å²) in [7, 11) is -1.89. The number of hydrogen-bond acceptors (Lipinski definition) is 6. The Bertz CT molecular complexity index is 1330. The number of ether oxygens (including phenoxy) is 1. The van der Waals surface area contributed by atoms with Crippen LogP contribution in [0.1, 0.15) is 5.56 Å². The molecule has 7 nitrogen and oxygen atoms in total. The molecular weight excluding hydrogens is 448 g/mol. The molecule has 1 heterocycles. The number of sulfonamides is 1. The third-order valence-electron chi connectivity index (χ3n) is 5.23. The number of nitrogens with zero attached hydrogens (tertiary/aromatic N) is 3. The Labute approximate surface area is 200 Å². The van der Waals surface area contributed by atoms with Crippen molar-refractivity contribution in [2.75, 3.05) is 29.8 Å². The van der Waals surface area contributed by atoms with E-state index in [-0.39, 0.29) is 23.2 Å². The molecule has 1 aromatic heterocycles. The second-order valence-electron chi connectivity index (χ2n) is 7.80. The number of nitrogens with one attached hydrogen (secondary N) is 1. The second kappa shape index (κ2) is 10.4. The van der Waals surface area contributed by atoms with Gasteiger partial charge in [0.05, 0.1) is 23.3 Å². The third-order valence-corrected chi connectivity index (χ3v) is 6.59. The van der Waals surface area contributed by atoms with E-state index in [0.29, 0.717) is 12.2 Å². The van der Waals surface area contributed by atoms with Crippen LogP contribution in [0.2, 0.25) is 0 Å². The molecule has 0 aliphatic rings. The van der Waals surface area contributed by atoms with E-state index in [9.17, 15) is 8.42 Å². The van der Waals surface area contributed by atoms with Gasteiger partial charge in [-0.2, -0.15) is 0 Å². The predicted molar refractivity (Wildman–Crippen MR) is 135 cm³/mol. The highest BCUT2D eigenvalue weighted by molar-refractivity contribution is 7.92. The van der Waals surface area contributed by atoms with Crippen molar-refractivity contribution in [2.24, 2.45) is 0 Å². The van der Waals surface area contributed by atoms with E-state index in [2.05, 4.69) is 14.7 Å². The summed E-state index contributed by atoms with van der Waals surface area (Å²) in [6, 6.07) is 26.1. The topological polar surface area (TPSA) is 84.4 Å². The summed E-state index contributed by atoms with van der Waals surface area (Å²) in [5, 5.41) is 0. The highest BCUT2D eigenvalue weighted by Gasteiger charge is 2.19. The van der Waals surface area contributed by atoms with Gasteiger partial charge in [0, 0.05) is 18.3 Å². The van der Waals surface area contributed by atoms with Gasteiger partial charge in [0.25, 0.3) is 15.9 Å². The fourth-order valence-corrected chi connectivity index (χ4v) is 4.29. The standard InChI is InChI=1S/C26H26N4O3S/c1-20-13-15-23(16-14-20)34(31,32)29-25-26(28-24(19-27-25)21-9-5-3-6-10-21)33-18-17-30(2)22-11-7-4-8-12-22/h3-16,19H,17-18H2,1-2H3,(H,27,29). The van der Waals surface area contributed by atoms with Crippen molar-refractivity contribution in [1.29, 1.82) is 0 Å². The number of aromatic nitrogens is 2. The minimum Gasteiger partial charge on any atom is -0.473 e. The van der Waals surface area contributed by atoms with Gasteiger partial charge in [0.1, 0.15) is 6.61 Å². The maximum Gasteiger partial charge on any atom is 0.263 e. The van der Waals surface area contributed by atoms with Crippen LogP contribution in [0.15, 0.2) is 96.0 Å². The number of hydrogen-bond donors (Lipinski definition) is 1. The summed E-state index contributed by atoms with van der Waals surface area (Å²) < 4.78 is 34.4. The molecule has 0 saturated carbocycles. The van der Waals surface area contributed by atoms with Gasteiger partial charge in [0.15, 0.2) is 0 Å². The average Bonchev–Trinajstić information content (AvgIpc) is 2.86. The highest BCUT2D eigenvalue weighted by Crippen LogP contribution is 2.27. The van der Waals surface area contributed by atoms with Crippen LogP contribution in [0.4, 0.5) is 11.5 Å². The van der Waals surface area contributed by atoms with E-state index in [1.54, 1.807) is 24.3 Å². The number of para-hydroxylation sites is 1.